The van der Waals surface area contributed by atoms with Crippen LogP contribution in [0.25, 0.3) is 10.9 Å². The molecule has 1 aromatic heterocycles. The number of aromatic nitrogens is 2. The van der Waals surface area contributed by atoms with Crippen LogP contribution in [0.4, 0.5) is 0 Å². The highest BCUT2D eigenvalue weighted by molar-refractivity contribution is 6.05. The highest BCUT2D eigenvalue weighted by Gasteiger charge is 2.47. The normalized spacial score (nSPS) is 28.0. The summed E-state index contributed by atoms with van der Waals surface area (Å²) < 4.78 is 5.86. The van der Waals surface area contributed by atoms with Crippen molar-refractivity contribution in [3.8, 4) is 5.75 Å². The van der Waals surface area contributed by atoms with Gasteiger partial charge in [0.15, 0.2) is 5.69 Å². The molecule has 0 radical (unpaired) electrons. The molecule has 0 bridgehead atoms. The molecule has 26 heavy (non-hydrogen) atoms. The van der Waals surface area contributed by atoms with Crippen molar-refractivity contribution in [2.45, 2.75) is 44.7 Å². The maximum atomic E-state index is 12.9. The standard InChI is InChI=1S/C20H26N4O2/c1-2-24-10-17(14-6-8-18(14)24)21-20(25)19-15-9-13(26-11-12-3-4-12)5-7-16(15)22-23-19/h5,7,9,12,14,17-18H,2-4,6,8,10-11H2,1H3,(H,21,25)(H,22,23)/t14-,17-,18?/m1/s1. The van der Waals surface area contributed by atoms with Crippen LogP contribution in [0.2, 0.25) is 0 Å². The highest BCUT2D eigenvalue weighted by Crippen LogP contribution is 2.40. The second-order valence-electron chi connectivity index (χ2n) is 8.01. The lowest BCUT2D eigenvalue weighted by Crippen LogP contribution is -2.45. The third kappa shape index (κ3) is 2.76. The van der Waals surface area contributed by atoms with Crippen LogP contribution in [0.1, 0.15) is 43.1 Å². The number of H-pyrrole nitrogens is 1. The molecule has 138 valence electrons. The Bertz CT molecular complexity index is 826. The lowest BCUT2D eigenvalue weighted by molar-refractivity contribution is 0.0910. The van der Waals surface area contributed by atoms with E-state index in [1.54, 1.807) is 0 Å². The first-order chi connectivity index (χ1) is 12.7. The van der Waals surface area contributed by atoms with Crippen LogP contribution < -0.4 is 10.1 Å². The van der Waals surface area contributed by atoms with Crippen molar-refractivity contribution in [3.05, 3.63) is 23.9 Å². The molecule has 1 aromatic carbocycles. The van der Waals surface area contributed by atoms with Crippen LogP contribution in [-0.4, -0.2) is 52.8 Å². The minimum absolute atomic E-state index is 0.0794. The molecule has 3 fully saturated rings. The Hall–Kier alpha value is -2.08. The zero-order valence-corrected chi connectivity index (χ0v) is 15.2. The van der Waals surface area contributed by atoms with Gasteiger partial charge in [-0.15, -0.1) is 0 Å². The van der Waals surface area contributed by atoms with E-state index < -0.39 is 0 Å². The minimum atomic E-state index is -0.0794. The summed E-state index contributed by atoms with van der Waals surface area (Å²) in [6.45, 7) is 4.98. The van der Waals surface area contributed by atoms with Crippen LogP contribution in [0, 0.1) is 11.8 Å². The number of fused-ring (bicyclic) bond motifs is 2. The Morgan fingerprint density at radius 3 is 2.92 bits per heavy atom. The summed E-state index contributed by atoms with van der Waals surface area (Å²) in [6.07, 6.45) is 5.00. The van der Waals surface area contributed by atoms with Crippen molar-refractivity contribution in [1.29, 1.82) is 0 Å². The number of carbonyl (C=O) groups excluding carboxylic acids is 1. The molecule has 1 unspecified atom stereocenters. The number of nitrogens with zero attached hydrogens (tertiary/aromatic N) is 2. The molecule has 2 aliphatic carbocycles. The van der Waals surface area contributed by atoms with Gasteiger partial charge in [0, 0.05) is 24.0 Å². The topological polar surface area (TPSA) is 70.2 Å². The number of nitrogens with one attached hydrogen (secondary N) is 2. The van der Waals surface area contributed by atoms with Gasteiger partial charge in [0.25, 0.3) is 5.91 Å². The fourth-order valence-corrected chi connectivity index (χ4v) is 4.46. The number of likely N-dealkylation sites (N-methyl/N-ethyl adjacent to an activating group) is 1. The van der Waals surface area contributed by atoms with Gasteiger partial charge in [-0.25, -0.2) is 0 Å². The fraction of sp³-hybridized carbons (Fsp3) is 0.600. The van der Waals surface area contributed by atoms with Crippen LogP contribution in [0.3, 0.4) is 0 Å². The fourth-order valence-electron chi connectivity index (χ4n) is 4.46. The zero-order chi connectivity index (χ0) is 17.7. The van der Waals surface area contributed by atoms with Gasteiger partial charge in [0.1, 0.15) is 5.75 Å². The lowest BCUT2D eigenvalue weighted by Gasteiger charge is -2.36. The maximum absolute atomic E-state index is 12.9. The van der Waals surface area contributed by atoms with E-state index in [1.165, 1.54) is 25.7 Å². The Labute approximate surface area is 153 Å². The number of likely N-dealkylation sites (tertiary alicyclic amines) is 1. The molecular weight excluding hydrogens is 328 g/mol. The second-order valence-corrected chi connectivity index (χ2v) is 8.01. The van der Waals surface area contributed by atoms with Crippen molar-refractivity contribution in [1.82, 2.24) is 20.4 Å². The first kappa shape index (κ1) is 16.1. The Balaban J connectivity index is 1.32. The molecule has 6 nitrogen and oxygen atoms in total. The number of carbonyl (C=O) groups is 1. The van der Waals surface area contributed by atoms with E-state index in [2.05, 4.69) is 27.3 Å². The zero-order valence-electron chi connectivity index (χ0n) is 15.2. The number of amides is 1. The van der Waals surface area contributed by atoms with Crippen LogP contribution in [0.5, 0.6) is 5.75 Å². The second kappa shape index (κ2) is 6.27. The van der Waals surface area contributed by atoms with E-state index in [0.29, 0.717) is 23.6 Å². The summed E-state index contributed by atoms with van der Waals surface area (Å²) >= 11 is 0. The SMILES string of the molecule is CCN1C[C@@H](NC(=O)c2n[nH]c3ccc(OCC4CC4)cc23)[C@H]2CCC21. The van der Waals surface area contributed by atoms with Crippen LogP contribution >= 0.6 is 0 Å². The molecule has 1 aliphatic heterocycles. The number of aromatic amines is 1. The summed E-state index contributed by atoms with van der Waals surface area (Å²) in [5, 5.41) is 11.3. The molecule has 0 spiro atoms. The molecule has 2 saturated carbocycles. The van der Waals surface area contributed by atoms with Gasteiger partial charge >= 0.3 is 0 Å². The molecule has 2 N–H and O–H groups in total. The van der Waals surface area contributed by atoms with E-state index in [4.69, 9.17) is 4.74 Å². The number of hydrogen-bond donors (Lipinski definition) is 2. The van der Waals surface area contributed by atoms with Crippen molar-refractivity contribution in [2.24, 2.45) is 11.8 Å². The van der Waals surface area contributed by atoms with Crippen molar-refractivity contribution >= 4 is 16.8 Å². The summed E-state index contributed by atoms with van der Waals surface area (Å²) in [6, 6.07) is 6.72. The van der Waals surface area contributed by atoms with Crippen LogP contribution in [-0.2, 0) is 0 Å². The molecule has 6 heteroatoms. The molecule has 1 amide bonds. The molecule has 5 rings (SSSR count). The number of rotatable bonds is 6. The third-order valence-electron chi connectivity index (χ3n) is 6.36. The largest absolute Gasteiger partial charge is 0.493 e. The van der Waals surface area contributed by atoms with Crippen LogP contribution in [0.15, 0.2) is 18.2 Å². The molecule has 2 aromatic rings. The highest BCUT2D eigenvalue weighted by atomic mass is 16.5. The quantitative estimate of drug-likeness (QED) is 0.836. The minimum Gasteiger partial charge on any atom is -0.493 e. The van der Waals surface area contributed by atoms with Gasteiger partial charge in [-0.1, -0.05) is 6.92 Å². The Kier molecular flexibility index (Phi) is 3.89. The smallest absolute Gasteiger partial charge is 0.272 e. The molecule has 1 saturated heterocycles. The van der Waals surface area contributed by atoms with Crippen molar-refractivity contribution in [2.75, 3.05) is 19.7 Å². The molecule has 3 aliphatic rings. The van der Waals surface area contributed by atoms with Gasteiger partial charge < -0.3 is 10.1 Å². The Morgan fingerprint density at radius 1 is 1.35 bits per heavy atom. The molecular formula is C20H26N4O2. The van der Waals surface area contributed by atoms with E-state index in [0.717, 1.165) is 36.3 Å². The van der Waals surface area contributed by atoms with E-state index in [9.17, 15) is 4.79 Å². The lowest BCUT2D eigenvalue weighted by atomic mass is 9.78. The number of benzene rings is 1. The van der Waals surface area contributed by atoms with Crippen molar-refractivity contribution < 1.29 is 9.53 Å². The number of hydrogen-bond acceptors (Lipinski definition) is 4. The number of ether oxygens (including phenoxy) is 1. The maximum Gasteiger partial charge on any atom is 0.272 e. The summed E-state index contributed by atoms with van der Waals surface area (Å²) in [7, 11) is 0. The van der Waals surface area contributed by atoms with Gasteiger partial charge in [0.05, 0.1) is 12.1 Å². The monoisotopic (exact) mass is 354 g/mol. The third-order valence-corrected chi connectivity index (χ3v) is 6.36. The van der Waals surface area contributed by atoms with Crippen molar-refractivity contribution in [3.63, 3.8) is 0 Å². The average Bonchev–Trinajstić information content (AvgIpc) is 3.29. The van der Waals surface area contributed by atoms with Gasteiger partial charge in [-0.05, 0) is 62.3 Å². The van der Waals surface area contributed by atoms with Gasteiger partial charge in [-0.2, -0.15) is 5.10 Å². The predicted octanol–water partition coefficient (Wildman–Crippen LogP) is 2.56. The first-order valence-corrected chi connectivity index (χ1v) is 9.88. The van der Waals surface area contributed by atoms with Gasteiger partial charge in [0.2, 0.25) is 0 Å². The summed E-state index contributed by atoms with van der Waals surface area (Å²) in [5.74, 6) is 2.04. The van der Waals surface area contributed by atoms with E-state index in [-0.39, 0.29) is 11.9 Å². The summed E-state index contributed by atoms with van der Waals surface area (Å²) in [5.41, 5.74) is 1.35. The first-order valence-electron chi connectivity index (χ1n) is 9.88. The predicted molar refractivity (Wildman–Crippen MR) is 99.3 cm³/mol. The average molecular weight is 354 g/mol. The molecule has 2 heterocycles. The van der Waals surface area contributed by atoms with E-state index in [1.807, 2.05) is 18.2 Å². The van der Waals surface area contributed by atoms with Gasteiger partial charge in [-0.3, -0.25) is 14.8 Å². The Morgan fingerprint density at radius 2 is 2.23 bits per heavy atom. The molecule has 3 atom stereocenters. The summed E-state index contributed by atoms with van der Waals surface area (Å²) in [4.78, 5) is 15.4. The van der Waals surface area contributed by atoms with E-state index >= 15 is 0 Å².